The molecule has 23 heavy (non-hydrogen) atoms. The quantitative estimate of drug-likeness (QED) is 0.514. The highest BCUT2D eigenvalue weighted by molar-refractivity contribution is 7.17. The molecule has 0 fully saturated rings. The van der Waals surface area contributed by atoms with Gasteiger partial charge >= 0.3 is 0 Å². The van der Waals surface area contributed by atoms with Crippen molar-refractivity contribution in [1.29, 1.82) is 0 Å². The van der Waals surface area contributed by atoms with Crippen molar-refractivity contribution in [3.63, 3.8) is 0 Å². The van der Waals surface area contributed by atoms with E-state index in [1.54, 1.807) is 11.3 Å². The van der Waals surface area contributed by atoms with E-state index in [9.17, 15) is 4.79 Å². The Balaban J connectivity index is 2.04. The van der Waals surface area contributed by atoms with E-state index in [-0.39, 0.29) is 0 Å². The summed E-state index contributed by atoms with van der Waals surface area (Å²) in [5.74, 6) is 0.804. The van der Waals surface area contributed by atoms with Gasteiger partial charge in [0.2, 0.25) is 0 Å². The van der Waals surface area contributed by atoms with E-state index in [2.05, 4.69) is 11.6 Å². The zero-order valence-electron chi connectivity index (χ0n) is 13.4. The molecule has 3 aromatic rings. The number of ether oxygens (including phenoxy) is 1. The van der Waals surface area contributed by atoms with Gasteiger partial charge in [-0.15, -0.1) is 11.3 Å². The summed E-state index contributed by atoms with van der Waals surface area (Å²) in [6, 6.07) is 7.88. The van der Waals surface area contributed by atoms with Gasteiger partial charge in [0.15, 0.2) is 11.2 Å². The molecular weight excluding hydrogens is 308 g/mol. The van der Waals surface area contributed by atoms with E-state index >= 15 is 0 Å². The van der Waals surface area contributed by atoms with Gasteiger partial charge in [0.05, 0.1) is 11.4 Å². The lowest BCUT2D eigenvalue weighted by Crippen LogP contribution is -1.98. The minimum Gasteiger partial charge on any atom is -0.489 e. The highest BCUT2D eigenvalue weighted by Crippen LogP contribution is 2.33. The first-order valence-electron chi connectivity index (χ1n) is 7.32. The van der Waals surface area contributed by atoms with Gasteiger partial charge in [0.25, 0.3) is 0 Å². The molecule has 0 aliphatic heterocycles. The van der Waals surface area contributed by atoms with Gasteiger partial charge in [0, 0.05) is 4.88 Å². The summed E-state index contributed by atoms with van der Waals surface area (Å²) in [6.07, 6.45) is 0.870. The maximum absolute atomic E-state index is 11.4. The van der Waals surface area contributed by atoms with Crippen LogP contribution in [0.3, 0.4) is 0 Å². The Morgan fingerprint density at radius 3 is 2.65 bits per heavy atom. The maximum atomic E-state index is 11.4. The largest absolute Gasteiger partial charge is 0.489 e. The molecule has 0 atom stereocenters. The topological polar surface area (TPSA) is 43.6 Å². The Hall–Kier alpha value is -2.40. The van der Waals surface area contributed by atoms with Crippen molar-refractivity contribution >= 4 is 22.6 Å². The average Bonchev–Trinajstić information content (AvgIpc) is 2.98. The third-order valence-corrected chi connectivity index (χ3v) is 4.55. The fourth-order valence-electron chi connectivity index (χ4n) is 2.53. The number of rotatable bonds is 5. The molecule has 0 saturated carbocycles. The first-order chi connectivity index (χ1) is 11.0. The second kappa shape index (κ2) is 6.01. The summed E-state index contributed by atoms with van der Waals surface area (Å²) in [4.78, 5) is 17.9. The van der Waals surface area contributed by atoms with Crippen LogP contribution in [-0.4, -0.2) is 22.3 Å². The molecule has 0 aliphatic carbocycles. The highest BCUT2D eigenvalue weighted by atomic mass is 32.1. The van der Waals surface area contributed by atoms with Gasteiger partial charge in [0.1, 0.15) is 18.1 Å². The van der Waals surface area contributed by atoms with Crippen molar-refractivity contribution in [1.82, 2.24) is 9.38 Å². The van der Waals surface area contributed by atoms with E-state index in [1.165, 1.54) is 0 Å². The first-order valence-corrected chi connectivity index (χ1v) is 8.14. The Morgan fingerprint density at radius 1 is 1.35 bits per heavy atom. The molecule has 0 amide bonds. The molecule has 2 heterocycles. The predicted octanol–water partition coefficient (Wildman–Crippen LogP) is 4.45. The highest BCUT2D eigenvalue weighted by Gasteiger charge is 2.17. The van der Waals surface area contributed by atoms with Gasteiger partial charge in [-0.05, 0) is 56.2 Å². The molecule has 0 unspecified atom stereocenters. The Kier molecular flexibility index (Phi) is 4.05. The summed E-state index contributed by atoms with van der Waals surface area (Å²) in [6.45, 7) is 10.2. The number of fused-ring (bicyclic) bond motifs is 1. The smallest absolute Gasteiger partial charge is 0.195 e. The van der Waals surface area contributed by atoms with Crippen LogP contribution in [0.4, 0.5) is 0 Å². The van der Waals surface area contributed by atoms with Crippen molar-refractivity contribution in [3.05, 3.63) is 52.7 Å². The van der Waals surface area contributed by atoms with E-state index in [1.807, 2.05) is 49.4 Å². The Labute approximate surface area is 139 Å². The van der Waals surface area contributed by atoms with Crippen molar-refractivity contribution in [2.45, 2.75) is 20.8 Å². The van der Waals surface area contributed by atoms with Crippen LogP contribution in [0.5, 0.6) is 5.75 Å². The monoisotopic (exact) mass is 326 g/mol. The molecule has 0 N–H and O–H groups in total. The molecule has 3 rings (SSSR count). The molecule has 5 heteroatoms. The summed E-state index contributed by atoms with van der Waals surface area (Å²) in [7, 11) is 0. The SMILES string of the molecule is C=C(C)COc1ccc(-c2c(C)sc3nc(C)c(C=O)n23)cc1. The maximum Gasteiger partial charge on any atom is 0.195 e. The van der Waals surface area contributed by atoms with Crippen molar-refractivity contribution in [2.24, 2.45) is 0 Å². The Bertz CT molecular complexity index is 888. The number of carbonyl (C=O) groups is 1. The van der Waals surface area contributed by atoms with Gasteiger partial charge in [-0.25, -0.2) is 4.98 Å². The third-order valence-electron chi connectivity index (χ3n) is 3.59. The van der Waals surface area contributed by atoms with Gasteiger partial charge < -0.3 is 4.74 Å². The van der Waals surface area contributed by atoms with Crippen molar-refractivity contribution < 1.29 is 9.53 Å². The van der Waals surface area contributed by atoms with Crippen LogP contribution < -0.4 is 4.74 Å². The molecule has 0 radical (unpaired) electrons. The number of aryl methyl sites for hydroxylation is 2. The van der Waals surface area contributed by atoms with Crippen LogP contribution >= 0.6 is 11.3 Å². The molecule has 0 aliphatic rings. The number of nitrogens with zero attached hydrogens (tertiary/aromatic N) is 2. The number of imidazole rings is 1. The average molecular weight is 326 g/mol. The number of benzene rings is 1. The lowest BCUT2D eigenvalue weighted by molar-refractivity contribution is 0.111. The summed E-state index contributed by atoms with van der Waals surface area (Å²) >= 11 is 1.59. The lowest BCUT2D eigenvalue weighted by Gasteiger charge is -2.08. The van der Waals surface area contributed by atoms with Gasteiger partial charge in [-0.3, -0.25) is 9.20 Å². The minimum atomic E-state index is 0.511. The lowest BCUT2D eigenvalue weighted by atomic mass is 10.1. The molecule has 0 saturated heterocycles. The Morgan fingerprint density at radius 2 is 2.04 bits per heavy atom. The van der Waals surface area contributed by atoms with Crippen LogP contribution in [0, 0.1) is 13.8 Å². The molecule has 0 bridgehead atoms. The van der Waals surface area contributed by atoms with Crippen molar-refractivity contribution in [2.75, 3.05) is 6.61 Å². The second-order valence-electron chi connectivity index (χ2n) is 5.60. The van der Waals surface area contributed by atoms with Crippen LogP contribution in [0.15, 0.2) is 36.4 Å². The zero-order valence-corrected chi connectivity index (χ0v) is 14.2. The first kappa shape index (κ1) is 15.5. The normalized spacial score (nSPS) is 10.9. The molecule has 2 aromatic heterocycles. The van der Waals surface area contributed by atoms with Gasteiger partial charge in [-0.1, -0.05) is 6.58 Å². The minimum absolute atomic E-state index is 0.511. The molecule has 4 nitrogen and oxygen atoms in total. The van der Waals surface area contributed by atoms with E-state index in [0.717, 1.165) is 44.4 Å². The second-order valence-corrected chi connectivity index (χ2v) is 6.78. The number of aldehydes is 1. The number of aromatic nitrogens is 2. The number of hydrogen-bond donors (Lipinski definition) is 0. The summed E-state index contributed by atoms with van der Waals surface area (Å²) in [5.41, 5.74) is 4.40. The number of hydrogen-bond acceptors (Lipinski definition) is 4. The van der Waals surface area contributed by atoms with Crippen LogP contribution in [0.25, 0.3) is 16.2 Å². The predicted molar refractivity (Wildman–Crippen MR) is 93.7 cm³/mol. The number of thiazole rings is 1. The molecule has 0 spiro atoms. The fourth-order valence-corrected chi connectivity index (χ4v) is 3.57. The van der Waals surface area contributed by atoms with Crippen LogP contribution in [0.2, 0.25) is 0 Å². The fraction of sp³-hybridized carbons (Fsp3) is 0.222. The van der Waals surface area contributed by atoms with E-state index < -0.39 is 0 Å². The van der Waals surface area contributed by atoms with E-state index in [4.69, 9.17) is 4.74 Å². The standard InChI is InChI=1S/C18H18N2O2S/c1-11(2)10-22-15-7-5-14(6-8-15)17-13(4)23-18-19-12(3)16(9-21)20(17)18/h5-9H,1,10H2,2-4H3. The summed E-state index contributed by atoms with van der Waals surface area (Å²) < 4.78 is 7.57. The summed E-state index contributed by atoms with van der Waals surface area (Å²) in [5, 5.41) is 0. The zero-order chi connectivity index (χ0) is 16.6. The molecular formula is C18H18N2O2S. The van der Waals surface area contributed by atoms with Crippen LogP contribution in [-0.2, 0) is 0 Å². The van der Waals surface area contributed by atoms with Crippen LogP contribution in [0.1, 0.15) is 28.0 Å². The molecule has 118 valence electrons. The van der Waals surface area contributed by atoms with Crippen molar-refractivity contribution in [3.8, 4) is 17.0 Å². The van der Waals surface area contributed by atoms with E-state index in [0.29, 0.717) is 12.3 Å². The molecule has 1 aromatic carbocycles. The number of carbonyl (C=O) groups excluding carboxylic acids is 1. The van der Waals surface area contributed by atoms with Gasteiger partial charge in [-0.2, -0.15) is 0 Å². The third kappa shape index (κ3) is 2.80.